The number of nitriles is 1. The minimum atomic E-state index is -3.69. The summed E-state index contributed by atoms with van der Waals surface area (Å²) in [5.41, 5.74) is 1.38. The highest BCUT2D eigenvalue weighted by molar-refractivity contribution is 7.89. The zero-order chi connectivity index (χ0) is 18.4. The first-order valence-corrected chi connectivity index (χ1v) is 9.95. The lowest BCUT2D eigenvalue weighted by Crippen LogP contribution is -2.43. The first kappa shape index (κ1) is 18.5. The van der Waals surface area contributed by atoms with Crippen LogP contribution in [0, 0.1) is 11.3 Å². The normalized spacial score (nSPS) is 16.7. The van der Waals surface area contributed by atoms with Gasteiger partial charge in [-0.3, -0.25) is 4.90 Å². The van der Waals surface area contributed by atoms with Crippen LogP contribution in [0.3, 0.4) is 0 Å². The number of morpholine rings is 1. The fourth-order valence-electron chi connectivity index (χ4n) is 3.03. The van der Waals surface area contributed by atoms with E-state index in [9.17, 15) is 8.42 Å². The standard InChI is InChI=1S/C19H21N3O3S/c20-14-16-5-4-8-18(13-16)26(23,24)21-15-19(17-6-2-1-3-7-17)22-9-11-25-12-10-22/h1-8,13,19,21H,9-12,15H2/t19-/m1/s1. The minimum Gasteiger partial charge on any atom is -0.379 e. The monoisotopic (exact) mass is 371 g/mol. The first-order valence-electron chi connectivity index (χ1n) is 8.47. The number of rotatable bonds is 6. The van der Waals surface area contributed by atoms with E-state index in [1.165, 1.54) is 12.1 Å². The predicted molar refractivity (Wildman–Crippen MR) is 97.9 cm³/mol. The molecule has 0 radical (unpaired) electrons. The quantitative estimate of drug-likeness (QED) is 0.839. The van der Waals surface area contributed by atoms with Crippen LogP contribution in [0.25, 0.3) is 0 Å². The average molecular weight is 371 g/mol. The Bertz CT molecular complexity index is 872. The lowest BCUT2D eigenvalue weighted by atomic mass is 10.1. The molecule has 1 N–H and O–H groups in total. The summed E-state index contributed by atoms with van der Waals surface area (Å²) in [7, 11) is -3.69. The van der Waals surface area contributed by atoms with E-state index in [0.717, 1.165) is 18.7 Å². The smallest absolute Gasteiger partial charge is 0.240 e. The minimum absolute atomic E-state index is 0.0750. The molecular weight excluding hydrogens is 350 g/mol. The van der Waals surface area contributed by atoms with Crippen molar-refractivity contribution in [1.82, 2.24) is 9.62 Å². The number of nitrogens with one attached hydrogen (secondary N) is 1. The summed E-state index contributed by atoms with van der Waals surface area (Å²) in [6.07, 6.45) is 0. The van der Waals surface area contributed by atoms with Gasteiger partial charge in [-0.25, -0.2) is 13.1 Å². The van der Waals surface area contributed by atoms with Gasteiger partial charge in [0.1, 0.15) is 0 Å². The van der Waals surface area contributed by atoms with Gasteiger partial charge in [-0.15, -0.1) is 0 Å². The van der Waals surface area contributed by atoms with Crippen molar-refractivity contribution in [2.24, 2.45) is 0 Å². The predicted octanol–water partition coefficient (Wildman–Crippen LogP) is 1.91. The summed E-state index contributed by atoms with van der Waals surface area (Å²) >= 11 is 0. The molecule has 1 aliphatic heterocycles. The van der Waals surface area contributed by atoms with Gasteiger partial charge >= 0.3 is 0 Å². The number of hydrogen-bond donors (Lipinski definition) is 1. The molecule has 0 aromatic heterocycles. The van der Waals surface area contributed by atoms with Crippen LogP contribution in [-0.2, 0) is 14.8 Å². The second-order valence-corrected chi connectivity index (χ2v) is 7.83. The number of benzene rings is 2. The van der Waals surface area contributed by atoms with Gasteiger partial charge in [0.05, 0.1) is 29.7 Å². The van der Waals surface area contributed by atoms with Crippen LogP contribution in [-0.4, -0.2) is 46.2 Å². The molecular formula is C19H21N3O3S. The molecule has 1 saturated heterocycles. The molecule has 3 rings (SSSR count). The van der Waals surface area contributed by atoms with Gasteiger partial charge in [0.25, 0.3) is 0 Å². The maximum absolute atomic E-state index is 12.7. The van der Waals surface area contributed by atoms with E-state index in [4.69, 9.17) is 10.00 Å². The highest BCUT2D eigenvalue weighted by atomic mass is 32.2. The Balaban J connectivity index is 1.79. The van der Waals surface area contributed by atoms with E-state index in [2.05, 4.69) is 9.62 Å². The van der Waals surface area contributed by atoms with Crippen molar-refractivity contribution < 1.29 is 13.2 Å². The summed E-state index contributed by atoms with van der Waals surface area (Å²) in [6.45, 7) is 3.04. The molecule has 0 aliphatic carbocycles. The molecule has 1 heterocycles. The molecule has 1 aliphatic rings. The largest absolute Gasteiger partial charge is 0.379 e. The number of sulfonamides is 1. The highest BCUT2D eigenvalue weighted by Crippen LogP contribution is 2.22. The molecule has 26 heavy (non-hydrogen) atoms. The molecule has 6 nitrogen and oxygen atoms in total. The van der Waals surface area contributed by atoms with Crippen LogP contribution in [0.5, 0.6) is 0 Å². The van der Waals surface area contributed by atoms with E-state index in [1.54, 1.807) is 12.1 Å². The van der Waals surface area contributed by atoms with E-state index in [0.29, 0.717) is 18.8 Å². The SMILES string of the molecule is N#Cc1cccc(S(=O)(=O)NC[C@H](c2ccccc2)N2CCOCC2)c1. The molecule has 1 fully saturated rings. The second-order valence-electron chi connectivity index (χ2n) is 6.07. The maximum atomic E-state index is 12.7. The number of ether oxygens (including phenoxy) is 1. The first-order chi connectivity index (χ1) is 12.6. The van der Waals surface area contributed by atoms with Gasteiger partial charge in [0.2, 0.25) is 10.0 Å². The maximum Gasteiger partial charge on any atom is 0.240 e. The van der Waals surface area contributed by atoms with E-state index >= 15 is 0 Å². The Morgan fingerprint density at radius 3 is 2.54 bits per heavy atom. The van der Waals surface area contributed by atoms with Crippen molar-refractivity contribution in [3.63, 3.8) is 0 Å². The van der Waals surface area contributed by atoms with Crippen LogP contribution < -0.4 is 4.72 Å². The van der Waals surface area contributed by atoms with E-state index in [-0.39, 0.29) is 17.5 Å². The molecule has 7 heteroatoms. The second kappa shape index (κ2) is 8.43. The molecule has 2 aromatic rings. The van der Waals surface area contributed by atoms with Crippen molar-refractivity contribution in [2.45, 2.75) is 10.9 Å². The molecule has 0 bridgehead atoms. The molecule has 1 atom stereocenters. The van der Waals surface area contributed by atoms with E-state index < -0.39 is 10.0 Å². The molecule has 0 saturated carbocycles. The fourth-order valence-corrected chi connectivity index (χ4v) is 4.11. The van der Waals surface area contributed by atoms with Crippen molar-refractivity contribution in [3.8, 4) is 6.07 Å². The van der Waals surface area contributed by atoms with Crippen LogP contribution in [0.2, 0.25) is 0 Å². The van der Waals surface area contributed by atoms with Crippen LogP contribution >= 0.6 is 0 Å². The van der Waals surface area contributed by atoms with Gasteiger partial charge in [-0.05, 0) is 23.8 Å². The zero-order valence-corrected chi connectivity index (χ0v) is 15.2. The highest BCUT2D eigenvalue weighted by Gasteiger charge is 2.25. The topological polar surface area (TPSA) is 82.4 Å². The van der Waals surface area contributed by atoms with Gasteiger partial charge in [-0.1, -0.05) is 36.4 Å². The fraction of sp³-hybridized carbons (Fsp3) is 0.316. The van der Waals surface area contributed by atoms with Crippen LogP contribution in [0.4, 0.5) is 0 Å². The lowest BCUT2D eigenvalue weighted by Gasteiger charge is -2.34. The van der Waals surface area contributed by atoms with Gasteiger partial charge in [-0.2, -0.15) is 5.26 Å². The summed E-state index contributed by atoms with van der Waals surface area (Å²) < 4.78 is 33.4. The summed E-state index contributed by atoms with van der Waals surface area (Å²) in [5, 5.41) is 8.98. The third kappa shape index (κ3) is 4.48. The summed E-state index contributed by atoms with van der Waals surface area (Å²) in [6, 6.07) is 17.8. The van der Waals surface area contributed by atoms with Crippen molar-refractivity contribution in [2.75, 3.05) is 32.8 Å². The number of nitrogens with zero attached hydrogens (tertiary/aromatic N) is 2. The van der Waals surface area contributed by atoms with Crippen molar-refractivity contribution in [3.05, 3.63) is 65.7 Å². The molecule has 0 unspecified atom stereocenters. The Morgan fingerprint density at radius 1 is 1.12 bits per heavy atom. The Labute approximate surface area is 154 Å². The number of hydrogen-bond acceptors (Lipinski definition) is 5. The molecule has 0 spiro atoms. The van der Waals surface area contributed by atoms with E-state index in [1.807, 2.05) is 36.4 Å². The van der Waals surface area contributed by atoms with Crippen molar-refractivity contribution >= 4 is 10.0 Å². The van der Waals surface area contributed by atoms with Crippen molar-refractivity contribution in [1.29, 1.82) is 5.26 Å². The Morgan fingerprint density at radius 2 is 1.85 bits per heavy atom. The zero-order valence-electron chi connectivity index (χ0n) is 14.3. The van der Waals surface area contributed by atoms with Gasteiger partial charge in [0, 0.05) is 25.7 Å². The third-order valence-electron chi connectivity index (χ3n) is 4.41. The van der Waals surface area contributed by atoms with Crippen LogP contribution in [0.1, 0.15) is 17.2 Å². The van der Waals surface area contributed by atoms with Gasteiger partial charge in [0.15, 0.2) is 0 Å². The molecule has 136 valence electrons. The lowest BCUT2D eigenvalue weighted by molar-refractivity contribution is 0.0172. The summed E-state index contributed by atoms with van der Waals surface area (Å²) in [5.74, 6) is 0. The molecule has 0 amide bonds. The average Bonchev–Trinajstić information content (AvgIpc) is 2.70. The van der Waals surface area contributed by atoms with Gasteiger partial charge < -0.3 is 4.74 Å². The van der Waals surface area contributed by atoms with Crippen LogP contribution in [0.15, 0.2) is 59.5 Å². The summed E-state index contributed by atoms with van der Waals surface area (Å²) in [4.78, 5) is 2.33. The Hall–Kier alpha value is -2.24. The molecule has 2 aromatic carbocycles. The third-order valence-corrected chi connectivity index (χ3v) is 5.83. The Kier molecular flexibility index (Phi) is 6.01.